The van der Waals surface area contributed by atoms with Crippen molar-refractivity contribution in [2.45, 2.75) is 11.8 Å². The second-order valence-corrected chi connectivity index (χ2v) is 8.88. The first-order chi connectivity index (χ1) is 12.7. The summed E-state index contributed by atoms with van der Waals surface area (Å²) in [6.07, 6.45) is 1.14. The van der Waals surface area contributed by atoms with E-state index in [1.165, 1.54) is 30.4 Å². The first kappa shape index (κ1) is 19.0. The van der Waals surface area contributed by atoms with Gasteiger partial charge in [0.15, 0.2) is 27.4 Å². The van der Waals surface area contributed by atoms with Gasteiger partial charge in [-0.25, -0.2) is 13.4 Å². The van der Waals surface area contributed by atoms with Gasteiger partial charge >= 0.3 is 0 Å². The number of nitrogens with one attached hydrogen (secondary N) is 1. The molecule has 0 fully saturated rings. The summed E-state index contributed by atoms with van der Waals surface area (Å²) in [5, 5.41) is 2.99. The summed E-state index contributed by atoms with van der Waals surface area (Å²) >= 11 is 1.18. The number of fused-ring (bicyclic) bond motifs is 1. The van der Waals surface area contributed by atoms with Gasteiger partial charge in [-0.3, -0.25) is 14.9 Å². The summed E-state index contributed by atoms with van der Waals surface area (Å²) in [5.74, 6) is 0.0273. The van der Waals surface area contributed by atoms with Crippen molar-refractivity contribution in [3.05, 3.63) is 48.0 Å². The second-order valence-electron chi connectivity index (χ2n) is 5.84. The van der Waals surface area contributed by atoms with Crippen LogP contribution < -0.4 is 10.1 Å². The Bertz CT molecular complexity index is 1120. The molecule has 3 rings (SSSR count). The molecule has 140 valence electrons. The van der Waals surface area contributed by atoms with Gasteiger partial charge in [-0.15, -0.1) is 0 Å². The Labute approximate surface area is 159 Å². The highest BCUT2D eigenvalue weighted by molar-refractivity contribution is 7.90. The van der Waals surface area contributed by atoms with Crippen LogP contribution in [-0.4, -0.2) is 38.0 Å². The third-order valence-corrected chi connectivity index (χ3v) is 5.71. The van der Waals surface area contributed by atoms with Crippen LogP contribution in [0.5, 0.6) is 5.75 Å². The SMILES string of the molecule is CC(=O)c1ccc(OCC(=O)Nc2nc3ccc(S(C)(=O)=O)cc3s2)cc1. The van der Waals surface area contributed by atoms with Gasteiger partial charge in [0.05, 0.1) is 15.1 Å². The molecule has 0 aliphatic heterocycles. The summed E-state index contributed by atoms with van der Waals surface area (Å²) in [6.45, 7) is 1.25. The Hall–Kier alpha value is -2.78. The van der Waals surface area contributed by atoms with E-state index in [2.05, 4.69) is 10.3 Å². The zero-order valence-corrected chi connectivity index (χ0v) is 16.2. The van der Waals surface area contributed by atoms with Crippen molar-refractivity contribution < 1.29 is 22.7 Å². The van der Waals surface area contributed by atoms with E-state index >= 15 is 0 Å². The predicted octanol–water partition coefficient (Wildman–Crippen LogP) is 2.92. The van der Waals surface area contributed by atoms with Crippen LogP contribution in [0.25, 0.3) is 10.2 Å². The zero-order valence-electron chi connectivity index (χ0n) is 14.6. The summed E-state index contributed by atoms with van der Waals surface area (Å²) < 4.78 is 29.3. The Morgan fingerprint density at radius 3 is 2.48 bits per heavy atom. The van der Waals surface area contributed by atoms with Crippen LogP contribution in [0, 0.1) is 0 Å². The molecule has 1 heterocycles. The van der Waals surface area contributed by atoms with E-state index in [9.17, 15) is 18.0 Å². The number of nitrogens with zero attached hydrogens (tertiary/aromatic N) is 1. The summed E-state index contributed by atoms with van der Waals surface area (Å²) in [4.78, 5) is 27.7. The maximum atomic E-state index is 12.0. The van der Waals surface area contributed by atoms with Crippen molar-refractivity contribution in [3.8, 4) is 5.75 Å². The minimum absolute atomic E-state index is 0.0471. The maximum absolute atomic E-state index is 12.0. The molecular weight excluding hydrogens is 388 g/mol. The molecule has 3 aromatic rings. The lowest BCUT2D eigenvalue weighted by Crippen LogP contribution is -2.20. The van der Waals surface area contributed by atoms with Gasteiger partial charge in [0, 0.05) is 11.8 Å². The first-order valence-electron chi connectivity index (χ1n) is 7.87. The summed E-state index contributed by atoms with van der Waals surface area (Å²) in [6, 6.07) is 11.1. The predicted molar refractivity (Wildman–Crippen MR) is 103 cm³/mol. The Kier molecular flexibility index (Phi) is 5.24. The monoisotopic (exact) mass is 404 g/mol. The molecule has 0 saturated carbocycles. The summed E-state index contributed by atoms with van der Waals surface area (Å²) in [5.41, 5.74) is 1.16. The smallest absolute Gasteiger partial charge is 0.264 e. The maximum Gasteiger partial charge on any atom is 0.264 e. The largest absolute Gasteiger partial charge is 0.484 e. The highest BCUT2D eigenvalue weighted by Gasteiger charge is 2.12. The van der Waals surface area contributed by atoms with Crippen molar-refractivity contribution in [3.63, 3.8) is 0 Å². The Morgan fingerprint density at radius 1 is 1.15 bits per heavy atom. The molecule has 0 atom stereocenters. The minimum atomic E-state index is -3.31. The van der Waals surface area contributed by atoms with E-state index in [1.807, 2.05) is 0 Å². The fourth-order valence-corrected chi connectivity index (χ4v) is 3.92. The molecule has 0 aliphatic rings. The normalized spacial score (nSPS) is 11.3. The molecule has 0 bridgehead atoms. The lowest BCUT2D eigenvalue weighted by Gasteiger charge is -2.06. The molecule has 9 heteroatoms. The molecular formula is C18H16N2O5S2. The van der Waals surface area contributed by atoms with Crippen LogP contribution >= 0.6 is 11.3 Å². The molecule has 0 unspecified atom stereocenters. The van der Waals surface area contributed by atoms with Gasteiger partial charge in [-0.05, 0) is 49.4 Å². The van der Waals surface area contributed by atoms with Crippen LogP contribution in [0.4, 0.5) is 5.13 Å². The number of ether oxygens (including phenoxy) is 1. The van der Waals surface area contributed by atoms with E-state index in [0.717, 1.165) is 6.26 Å². The second kappa shape index (κ2) is 7.45. The molecule has 0 aliphatic carbocycles. The number of hydrogen-bond acceptors (Lipinski definition) is 7. The number of carbonyl (C=O) groups is 2. The number of hydrogen-bond donors (Lipinski definition) is 1. The van der Waals surface area contributed by atoms with Crippen molar-refractivity contribution in [1.82, 2.24) is 4.98 Å². The van der Waals surface area contributed by atoms with Gasteiger partial charge in [0.25, 0.3) is 5.91 Å². The lowest BCUT2D eigenvalue weighted by atomic mass is 10.1. The molecule has 0 spiro atoms. The van der Waals surface area contributed by atoms with E-state index in [0.29, 0.717) is 26.7 Å². The van der Waals surface area contributed by atoms with Crippen molar-refractivity contribution in [1.29, 1.82) is 0 Å². The highest BCUT2D eigenvalue weighted by atomic mass is 32.2. The number of rotatable bonds is 6. The van der Waals surface area contributed by atoms with E-state index < -0.39 is 15.7 Å². The fourth-order valence-electron chi connectivity index (χ4n) is 2.28. The van der Waals surface area contributed by atoms with Crippen LogP contribution in [0.2, 0.25) is 0 Å². The Morgan fingerprint density at radius 2 is 1.85 bits per heavy atom. The molecule has 0 radical (unpaired) electrons. The Balaban J connectivity index is 1.64. The van der Waals surface area contributed by atoms with Crippen LogP contribution in [0.3, 0.4) is 0 Å². The van der Waals surface area contributed by atoms with E-state index in [-0.39, 0.29) is 17.3 Å². The van der Waals surface area contributed by atoms with Gasteiger partial charge in [0.2, 0.25) is 0 Å². The van der Waals surface area contributed by atoms with Crippen LogP contribution in [0.1, 0.15) is 17.3 Å². The van der Waals surface area contributed by atoms with Crippen molar-refractivity contribution in [2.75, 3.05) is 18.2 Å². The third kappa shape index (κ3) is 4.69. The number of Topliss-reactive ketones (excluding diaryl/α,β-unsaturated/α-hetero) is 1. The molecule has 1 amide bonds. The van der Waals surface area contributed by atoms with Crippen LogP contribution in [-0.2, 0) is 14.6 Å². The number of carbonyl (C=O) groups excluding carboxylic acids is 2. The first-order valence-corrected chi connectivity index (χ1v) is 10.6. The van der Waals surface area contributed by atoms with Crippen LogP contribution in [0.15, 0.2) is 47.4 Å². The average molecular weight is 404 g/mol. The molecule has 1 N–H and O–H groups in total. The number of anilines is 1. The number of thiazole rings is 1. The van der Waals surface area contributed by atoms with Crippen molar-refractivity contribution >= 4 is 48.2 Å². The number of amides is 1. The zero-order chi connectivity index (χ0) is 19.6. The number of benzene rings is 2. The minimum Gasteiger partial charge on any atom is -0.484 e. The number of ketones is 1. The lowest BCUT2D eigenvalue weighted by molar-refractivity contribution is -0.118. The standard InChI is InChI=1S/C18H16N2O5S2/c1-11(21)12-3-5-13(6-4-12)25-10-17(22)20-18-19-15-8-7-14(27(2,23)24)9-16(15)26-18/h3-9H,10H2,1-2H3,(H,19,20,22). The van der Waals surface area contributed by atoms with Gasteiger partial charge < -0.3 is 4.74 Å². The van der Waals surface area contributed by atoms with E-state index in [4.69, 9.17) is 4.74 Å². The third-order valence-electron chi connectivity index (χ3n) is 3.67. The molecule has 2 aromatic carbocycles. The quantitative estimate of drug-likeness (QED) is 0.634. The van der Waals surface area contributed by atoms with Gasteiger partial charge in [-0.1, -0.05) is 11.3 Å². The molecule has 1 aromatic heterocycles. The topological polar surface area (TPSA) is 102 Å². The molecule has 7 nitrogen and oxygen atoms in total. The van der Waals surface area contributed by atoms with Crippen molar-refractivity contribution in [2.24, 2.45) is 0 Å². The fraction of sp³-hybridized carbons (Fsp3) is 0.167. The number of sulfone groups is 1. The molecule has 0 saturated heterocycles. The average Bonchev–Trinajstić information content (AvgIpc) is 3.00. The van der Waals surface area contributed by atoms with Gasteiger partial charge in [-0.2, -0.15) is 0 Å². The summed E-state index contributed by atoms with van der Waals surface area (Å²) in [7, 11) is -3.31. The van der Waals surface area contributed by atoms with Gasteiger partial charge in [0.1, 0.15) is 5.75 Å². The highest BCUT2D eigenvalue weighted by Crippen LogP contribution is 2.28. The number of aromatic nitrogens is 1. The molecule has 27 heavy (non-hydrogen) atoms. The van der Waals surface area contributed by atoms with E-state index in [1.54, 1.807) is 30.3 Å².